The zero-order valence-electron chi connectivity index (χ0n) is 15.6. The van der Waals surface area contributed by atoms with E-state index in [0.717, 1.165) is 5.56 Å². The smallest absolute Gasteiger partial charge is 0.295 e. The van der Waals surface area contributed by atoms with Crippen molar-refractivity contribution in [3.8, 4) is 0 Å². The third-order valence-electron chi connectivity index (χ3n) is 4.92. The number of aliphatic hydroxyl groups is 1. The predicted molar refractivity (Wildman–Crippen MR) is 115 cm³/mol. The van der Waals surface area contributed by atoms with E-state index >= 15 is 0 Å². The average Bonchev–Trinajstić information content (AvgIpc) is 2.99. The largest absolute Gasteiger partial charge is 0.507 e. The summed E-state index contributed by atoms with van der Waals surface area (Å²) in [4.78, 5) is 31.4. The molecule has 0 radical (unpaired) electrons. The summed E-state index contributed by atoms with van der Waals surface area (Å²) in [6, 6.07) is 16.2. The van der Waals surface area contributed by atoms with Crippen molar-refractivity contribution >= 4 is 40.7 Å². The number of carbonyl (C=O) groups excluding carboxylic acids is 2. The first-order valence-electron chi connectivity index (χ1n) is 9.15. The second kappa shape index (κ2) is 8.30. The molecule has 5 nitrogen and oxygen atoms in total. The lowest BCUT2D eigenvalue weighted by molar-refractivity contribution is -0.140. The van der Waals surface area contributed by atoms with Gasteiger partial charge in [0.15, 0.2) is 0 Å². The molecular weight excluding hydrogens is 423 g/mol. The van der Waals surface area contributed by atoms with Gasteiger partial charge in [-0.25, -0.2) is 0 Å². The van der Waals surface area contributed by atoms with Crippen LogP contribution >= 0.6 is 23.2 Å². The average molecular weight is 439 g/mol. The number of benzene rings is 2. The Balaban J connectivity index is 1.90. The van der Waals surface area contributed by atoms with Crippen LogP contribution in [0.1, 0.15) is 22.7 Å². The number of Topliss-reactive ketones (excluding diaryl/α,β-unsaturated/α-hetero) is 1. The van der Waals surface area contributed by atoms with Gasteiger partial charge in [-0.05, 0) is 29.3 Å². The van der Waals surface area contributed by atoms with Crippen LogP contribution in [0.4, 0.5) is 0 Å². The molecule has 1 aliphatic heterocycles. The molecule has 1 N–H and O–H groups in total. The lowest BCUT2D eigenvalue weighted by atomic mass is 9.95. The standard InChI is InChI=1S/C23H16Cl2N2O3/c24-16-8-9-17(18(25)11-16)20-19(21(28)15-6-2-1-3-7-15)22(29)23(30)27(20)13-14-5-4-10-26-12-14/h1-12,20,28H,13H2/t20-/m0/s1. The molecule has 1 amide bonds. The molecule has 4 rings (SSSR count). The Hall–Kier alpha value is -3.15. The van der Waals surface area contributed by atoms with Gasteiger partial charge in [-0.2, -0.15) is 0 Å². The van der Waals surface area contributed by atoms with Crippen LogP contribution in [0.15, 0.2) is 78.6 Å². The number of halogens is 2. The van der Waals surface area contributed by atoms with Crippen molar-refractivity contribution in [3.63, 3.8) is 0 Å². The highest BCUT2D eigenvalue weighted by Crippen LogP contribution is 2.43. The summed E-state index contributed by atoms with van der Waals surface area (Å²) in [6.45, 7) is 0.133. The highest BCUT2D eigenvalue weighted by atomic mass is 35.5. The number of likely N-dealkylation sites (tertiary alicyclic amines) is 1. The van der Waals surface area contributed by atoms with Gasteiger partial charge >= 0.3 is 0 Å². The minimum Gasteiger partial charge on any atom is -0.507 e. The predicted octanol–water partition coefficient (Wildman–Crippen LogP) is 5.01. The van der Waals surface area contributed by atoms with Gasteiger partial charge in [-0.1, -0.05) is 65.7 Å². The zero-order valence-corrected chi connectivity index (χ0v) is 17.1. The van der Waals surface area contributed by atoms with E-state index in [-0.39, 0.29) is 17.9 Å². The molecule has 2 heterocycles. The Labute approximate surface area is 183 Å². The molecule has 30 heavy (non-hydrogen) atoms. The number of hydrogen-bond acceptors (Lipinski definition) is 4. The van der Waals surface area contributed by atoms with Crippen LogP contribution in [0.2, 0.25) is 10.0 Å². The summed E-state index contributed by atoms with van der Waals surface area (Å²) in [6.07, 6.45) is 3.25. The molecule has 1 saturated heterocycles. The van der Waals surface area contributed by atoms with Crippen molar-refractivity contribution in [2.45, 2.75) is 12.6 Å². The monoisotopic (exact) mass is 438 g/mol. The topological polar surface area (TPSA) is 70.5 Å². The molecule has 1 fully saturated rings. The first-order chi connectivity index (χ1) is 14.5. The van der Waals surface area contributed by atoms with E-state index in [0.29, 0.717) is 21.2 Å². The molecule has 1 aliphatic rings. The fourth-order valence-corrected chi connectivity index (χ4v) is 4.04. The van der Waals surface area contributed by atoms with Gasteiger partial charge in [0.1, 0.15) is 5.76 Å². The van der Waals surface area contributed by atoms with Crippen molar-refractivity contribution in [3.05, 3.63) is 105 Å². The lowest BCUT2D eigenvalue weighted by Crippen LogP contribution is -2.29. The summed E-state index contributed by atoms with van der Waals surface area (Å²) in [5.74, 6) is -1.73. The van der Waals surface area contributed by atoms with E-state index in [2.05, 4.69) is 4.98 Å². The molecule has 0 spiro atoms. The number of amides is 1. The van der Waals surface area contributed by atoms with Crippen molar-refractivity contribution < 1.29 is 14.7 Å². The summed E-state index contributed by atoms with van der Waals surface area (Å²) in [5, 5.41) is 11.7. The highest BCUT2D eigenvalue weighted by molar-refractivity contribution is 6.47. The number of aliphatic hydroxyl groups excluding tert-OH is 1. The molecule has 0 saturated carbocycles. The van der Waals surface area contributed by atoms with Crippen molar-refractivity contribution in [1.82, 2.24) is 9.88 Å². The van der Waals surface area contributed by atoms with Gasteiger partial charge < -0.3 is 10.0 Å². The van der Waals surface area contributed by atoms with Crippen LogP contribution in [-0.4, -0.2) is 26.7 Å². The number of rotatable bonds is 4. The van der Waals surface area contributed by atoms with E-state index in [1.165, 1.54) is 4.90 Å². The maximum Gasteiger partial charge on any atom is 0.295 e. The van der Waals surface area contributed by atoms with Gasteiger partial charge in [0, 0.05) is 34.5 Å². The second-order valence-electron chi connectivity index (χ2n) is 6.82. The molecule has 150 valence electrons. The number of carbonyl (C=O) groups is 2. The van der Waals surface area contributed by atoms with E-state index < -0.39 is 17.7 Å². The van der Waals surface area contributed by atoms with Crippen LogP contribution in [-0.2, 0) is 16.1 Å². The van der Waals surface area contributed by atoms with E-state index in [1.807, 2.05) is 6.07 Å². The normalized spacial score (nSPS) is 18.1. The maximum absolute atomic E-state index is 13.0. The summed E-state index contributed by atoms with van der Waals surface area (Å²) in [5.41, 5.74) is 1.67. The van der Waals surface area contributed by atoms with Crippen LogP contribution in [0.5, 0.6) is 0 Å². The molecule has 7 heteroatoms. The van der Waals surface area contributed by atoms with Crippen molar-refractivity contribution in [2.75, 3.05) is 0 Å². The highest BCUT2D eigenvalue weighted by Gasteiger charge is 2.46. The second-order valence-corrected chi connectivity index (χ2v) is 7.66. The minimum absolute atomic E-state index is 0.0145. The van der Waals surface area contributed by atoms with Gasteiger partial charge in [-0.15, -0.1) is 0 Å². The Morgan fingerprint density at radius 2 is 1.80 bits per heavy atom. The first kappa shape index (κ1) is 20.1. The summed E-state index contributed by atoms with van der Waals surface area (Å²) < 4.78 is 0. The third kappa shape index (κ3) is 3.70. The van der Waals surface area contributed by atoms with Crippen LogP contribution < -0.4 is 0 Å². The number of aromatic nitrogens is 1. The molecule has 0 bridgehead atoms. The van der Waals surface area contributed by atoms with Crippen LogP contribution in [0.3, 0.4) is 0 Å². The first-order valence-corrected chi connectivity index (χ1v) is 9.90. The van der Waals surface area contributed by atoms with E-state index in [1.54, 1.807) is 67.0 Å². The van der Waals surface area contributed by atoms with Gasteiger partial charge in [-0.3, -0.25) is 14.6 Å². The molecular formula is C23H16Cl2N2O3. The molecule has 3 aromatic rings. The number of hydrogen-bond donors (Lipinski definition) is 1. The number of nitrogens with zero attached hydrogens (tertiary/aromatic N) is 2. The van der Waals surface area contributed by atoms with Crippen LogP contribution in [0, 0.1) is 0 Å². The fraction of sp³-hybridized carbons (Fsp3) is 0.0870. The van der Waals surface area contributed by atoms with Gasteiger partial charge in [0.05, 0.1) is 11.6 Å². The quantitative estimate of drug-likeness (QED) is 0.353. The molecule has 2 aromatic carbocycles. The Bertz CT molecular complexity index is 1150. The van der Waals surface area contributed by atoms with E-state index in [4.69, 9.17) is 23.2 Å². The molecule has 1 atom stereocenters. The minimum atomic E-state index is -0.866. The SMILES string of the molecule is O=C1C(=O)N(Cc2cccnc2)[C@@H](c2ccc(Cl)cc2Cl)C1=C(O)c1ccccc1. The number of pyridine rings is 1. The fourth-order valence-electron chi connectivity index (χ4n) is 3.53. The lowest BCUT2D eigenvalue weighted by Gasteiger charge is -2.26. The van der Waals surface area contributed by atoms with Gasteiger partial charge in [0.25, 0.3) is 11.7 Å². The van der Waals surface area contributed by atoms with E-state index in [9.17, 15) is 14.7 Å². The maximum atomic E-state index is 13.0. The number of ketones is 1. The summed E-state index contributed by atoms with van der Waals surface area (Å²) >= 11 is 12.5. The van der Waals surface area contributed by atoms with Crippen LogP contribution in [0.25, 0.3) is 5.76 Å². The molecule has 0 unspecified atom stereocenters. The summed E-state index contributed by atoms with van der Waals surface area (Å²) in [7, 11) is 0. The Morgan fingerprint density at radius 3 is 2.47 bits per heavy atom. The van der Waals surface area contributed by atoms with Crippen molar-refractivity contribution in [2.24, 2.45) is 0 Å². The Morgan fingerprint density at radius 1 is 1.03 bits per heavy atom. The molecule has 0 aliphatic carbocycles. The molecule has 1 aromatic heterocycles. The van der Waals surface area contributed by atoms with Gasteiger partial charge in [0.2, 0.25) is 0 Å². The Kier molecular flexibility index (Phi) is 5.57. The van der Waals surface area contributed by atoms with Crippen molar-refractivity contribution in [1.29, 1.82) is 0 Å². The third-order valence-corrected chi connectivity index (χ3v) is 5.48. The zero-order chi connectivity index (χ0) is 21.3.